The number of halogens is 1. The quantitative estimate of drug-likeness (QED) is 0.745. The van der Waals surface area contributed by atoms with Crippen LogP contribution >= 0.6 is 15.9 Å². The Labute approximate surface area is 86.0 Å². The summed E-state index contributed by atoms with van der Waals surface area (Å²) in [5.41, 5.74) is 0. The third-order valence-corrected chi connectivity index (χ3v) is 2.65. The molecule has 0 aliphatic heterocycles. The van der Waals surface area contributed by atoms with Gasteiger partial charge in [-0.2, -0.15) is 0 Å². The minimum Gasteiger partial charge on any atom is -0.251 e. The van der Waals surface area contributed by atoms with Gasteiger partial charge in [-0.25, -0.2) is 4.98 Å². The summed E-state index contributed by atoms with van der Waals surface area (Å²) in [6.45, 7) is 0.953. The standard InChI is InChI=1S/C9H12BrN3/c10-9-11-7-13(12-9)6-8-4-2-1-3-5-8/h2,4,7-8H,1,3,5-6H2. The van der Waals surface area contributed by atoms with Crippen LogP contribution in [0.5, 0.6) is 0 Å². The van der Waals surface area contributed by atoms with E-state index in [0.717, 1.165) is 6.54 Å². The molecule has 0 bridgehead atoms. The lowest BCUT2D eigenvalue weighted by Gasteiger charge is -2.15. The van der Waals surface area contributed by atoms with Gasteiger partial charge in [0.1, 0.15) is 6.33 Å². The predicted molar refractivity (Wildman–Crippen MR) is 54.2 cm³/mol. The molecule has 0 radical (unpaired) electrons. The fourth-order valence-electron chi connectivity index (χ4n) is 1.64. The number of hydrogen-bond acceptors (Lipinski definition) is 2. The summed E-state index contributed by atoms with van der Waals surface area (Å²) >= 11 is 3.24. The van der Waals surface area contributed by atoms with Crippen LogP contribution in [0.1, 0.15) is 19.3 Å². The minimum absolute atomic E-state index is 0.641. The zero-order valence-electron chi connectivity index (χ0n) is 7.36. The monoisotopic (exact) mass is 241 g/mol. The molecule has 0 aromatic carbocycles. The highest BCUT2D eigenvalue weighted by molar-refractivity contribution is 9.10. The first-order valence-electron chi connectivity index (χ1n) is 4.56. The average molecular weight is 242 g/mol. The zero-order chi connectivity index (χ0) is 9.10. The van der Waals surface area contributed by atoms with Crippen LogP contribution in [0, 0.1) is 5.92 Å². The van der Waals surface area contributed by atoms with Gasteiger partial charge in [0.15, 0.2) is 0 Å². The largest absolute Gasteiger partial charge is 0.251 e. The van der Waals surface area contributed by atoms with Gasteiger partial charge >= 0.3 is 0 Å². The molecule has 0 spiro atoms. The maximum absolute atomic E-state index is 4.19. The van der Waals surface area contributed by atoms with Crippen molar-refractivity contribution >= 4 is 15.9 Å². The molecule has 0 amide bonds. The van der Waals surface area contributed by atoms with Gasteiger partial charge in [-0.05, 0) is 41.1 Å². The van der Waals surface area contributed by atoms with E-state index in [1.54, 1.807) is 6.33 Å². The highest BCUT2D eigenvalue weighted by atomic mass is 79.9. The second kappa shape index (κ2) is 4.05. The van der Waals surface area contributed by atoms with Crippen molar-refractivity contribution in [3.05, 3.63) is 23.2 Å². The number of allylic oxidation sites excluding steroid dienone is 2. The molecule has 1 atom stereocenters. The minimum atomic E-state index is 0.641. The van der Waals surface area contributed by atoms with Gasteiger partial charge in [-0.15, -0.1) is 5.10 Å². The highest BCUT2D eigenvalue weighted by Gasteiger charge is 2.09. The lowest BCUT2D eigenvalue weighted by atomic mass is 9.96. The van der Waals surface area contributed by atoms with Crippen molar-refractivity contribution in [3.8, 4) is 0 Å². The normalized spacial score (nSPS) is 22.1. The van der Waals surface area contributed by atoms with E-state index in [1.165, 1.54) is 19.3 Å². The van der Waals surface area contributed by atoms with Crippen LogP contribution in [0.2, 0.25) is 0 Å². The topological polar surface area (TPSA) is 30.7 Å². The van der Waals surface area contributed by atoms with Crippen molar-refractivity contribution < 1.29 is 0 Å². The van der Waals surface area contributed by atoms with Gasteiger partial charge in [0.05, 0.1) is 0 Å². The van der Waals surface area contributed by atoms with Crippen molar-refractivity contribution in [1.82, 2.24) is 14.8 Å². The van der Waals surface area contributed by atoms with E-state index < -0.39 is 0 Å². The molecule has 0 saturated carbocycles. The van der Waals surface area contributed by atoms with Crippen molar-refractivity contribution in [1.29, 1.82) is 0 Å². The van der Waals surface area contributed by atoms with Gasteiger partial charge < -0.3 is 0 Å². The Bertz CT molecular complexity index is 306. The Morgan fingerprint density at radius 3 is 3.15 bits per heavy atom. The first kappa shape index (κ1) is 8.94. The van der Waals surface area contributed by atoms with E-state index >= 15 is 0 Å². The molecule has 70 valence electrons. The predicted octanol–water partition coefficient (Wildman–Crippen LogP) is 2.40. The van der Waals surface area contributed by atoms with Gasteiger partial charge in [0, 0.05) is 6.54 Å². The molecule has 1 aromatic rings. The van der Waals surface area contributed by atoms with Gasteiger partial charge in [0.25, 0.3) is 0 Å². The van der Waals surface area contributed by atoms with E-state index in [9.17, 15) is 0 Å². The third-order valence-electron chi connectivity index (χ3n) is 2.28. The summed E-state index contributed by atoms with van der Waals surface area (Å²) in [4.78, 5) is 4.03. The van der Waals surface area contributed by atoms with Crippen LogP contribution < -0.4 is 0 Å². The molecule has 3 nitrogen and oxygen atoms in total. The Morgan fingerprint density at radius 2 is 2.54 bits per heavy atom. The summed E-state index contributed by atoms with van der Waals surface area (Å²) in [5, 5.41) is 4.19. The summed E-state index contributed by atoms with van der Waals surface area (Å²) < 4.78 is 2.57. The first-order chi connectivity index (χ1) is 6.34. The maximum atomic E-state index is 4.19. The number of rotatable bonds is 2. The molecule has 2 rings (SSSR count). The highest BCUT2D eigenvalue weighted by Crippen LogP contribution is 2.18. The SMILES string of the molecule is Brc1ncn(CC2C=CCCC2)n1. The van der Waals surface area contributed by atoms with E-state index in [2.05, 4.69) is 38.2 Å². The van der Waals surface area contributed by atoms with Crippen LogP contribution in [0.4, 0.5) is 0 Å². The van der Waals surface area contributed by atoms with Crippen molar-refractivity contribution in [2.24, 2.45) is 5.92 Å². The van der Waals surface area contributed by atoms with Crippen LogP contribution in [0.15, 0.2) is 23.2 Å². The lowest BCUT2D eigenvalue weighted by Crippen LogP contribution is -2.11. The molecule has 1 aliphatic rings. The average Bonchev–Trinajstić information content (AvgIpc) is 2.53. The molecule has 1 unspecified atom stereocenters. The molecule has 0 fully saturated rings. The van der Waals surface area contributed by atoms with Gasteiger partial charge in [-0.1, -0.05) is 12.2 Å². The summed E-state index contributed by atoms with van der Waals surface area (Å²) in [7, 11) is 0. The fourth-order valence-corrected chi connectivity index (χ4v) is 1.93. The number of hydrogen-bond donors (Lipinski definition) is 0. The molecule has 1 aliphatic carbocycles. The van der Waals surface area contributed by atoms with Crippen molar-refractivity contribution in [3.63, 3.8) is 0 Å². The Morgan fingerprint density at radius 1 is 1.62 bits per heavy atom. The summed E-state index contributed by atoms with van der Waals surface area (Å²) in [5.74, 6) is 0.641. The lowest BCUT2D eigenvalue weighted by molar-refractivity contribution is 0.439. The van der Waals surface area contributed by atoms with E-state index in [-0.39, 0.29) is 0 Å². The molecule has 0 saturated heterocycles. The summed E-state index contributed by atoms with van der Waals surface area (Å²) in [6, 6.07) is 0. The smallest absolute Gasteiger partial charge is 0.217 e. The number of aromatic nitrogens is 3. The number of nitrogens with zero attached hydrogens (tertiary/aromatic N) is 3. The van der Waals surface area contributed by atoms with E-state index in [1.807, 2.05) is 4.68 Å². The van der Waals surface area contributed by atoms with Crippen LogP contribution in [0.25, 0.3) is 0 Å². The molecule has 13 heavy (non-hydrogen) atoms. The third kappa shape index (κ3) is 2.40. The zero-order valence-corrected chi connectivity index (χ0v) is 8.94. The van der Waals surface area contributed by atoms with Crippen LogP contribution in [-0.2, 0) is 6.54 Å². The molecule has 4 heteroatoms. The molecule has 1 aromatic heterocycles. The molecular formula is C9H12BrN3. The van der Waals surface area contributed by atoms with Crippen molar-refractivity contribution in [2.75, 3.05) is 0 Å². The Balaban J connectivity index is 1.97. The van der Waals surface area contributed by atoms with E-state index in [4.69, 9.17) is 0 Å². The van der Waals surface area contributed by atoms with Gasteiger partial charge in [0.2, 0.25) is 4.73 Å². The Hall–Kier alpha value is -0.640. The molecule has 1 heterocycles. The Kier molecular flexibility index (Phi) is 2.78. The first-order valence-corrected chi connectivity index (χ1v) is 5.35. The maximum Gasteiger partial charge on any atom is 0.217 e. The fraction of sp³-hybridized carbons (Fsp3) is 0.556. The van der Waals surface area contributed by atoms with E-state index in [0.29, 0.717) is 10.7 Å². The molecule has 0 N–H and O–H groups in total. The second-order valence-corrected chi connectivity index (χ2v) is 4.06. The summed E-state index contributed by atoms with van der Waals surface area (Å²) in [6.07, 6.45) is 10.1. The van der Waals surface area contributed by atoms with Crippen LogP contribution in [0.3, 0.4) is 0 Å². The second-order valence-electron chi connectivity index (χ2n) is 3.35. The van der Waals surface area contributed by atoms with Crippen molar-refractivity contribution in [2.45, 2.75) is 25.8 Å². The van der Waals surface area contributed by atoms with Gasteiger partial charge in [-0.3, -0.25) is 4.68 Å². The van der Waals surface area contributed by atoms with Crippen LogP contribution in [-0.4, -0.2) is 14.8 Å². The molecular weight excluding hydrogens is 230 g/mol.